The molecule has 11 nitrogen and oxygen atoms in total. The topological polar surface area (TPSA) is 134 Å². The van der Waals surface area contributed by atoms with E-state index in [0.29, 0.717) is 50.8 Å². The Morgan fingerprint density at radius 1 is 1.02 bits per heavy atom. The third-order valence-corrected chi connectivity index (χ3v) is 9.20. The summed E-state index contributed by atoms with van der Waals surface area (Å²) in [5.74, 6) is -0.486. The first kappa shape index (κ1) is 34.0. The maximum atomic E-state index is 14.4. The van der Waals surface area contributed by atoms with Gasteiger partial charge in [0, 0.05) is 29.2 Å². The van der Waals surface area contributed by atoms with Crippen LogP contribution in [0.5, 0.6) is 11.5 Å². The minimum absolute atomic E-state index is 0.143. The molecule has 0 saturated heterocycles. The van der Waals surface area contributed by atoms with Crippen LogP contribution < -0.4 is 24.4 Å². The molecule has 0 fully saturated rings. The standard InChI is InChI=1S/C38H34N4O7S/c1-5-47-31-17-26(15-16-30(31)49-22-33(43)46-4)35-34(37(45)48-6-2)23(3)40-38-42(35)36(44)32(50-38)18-27-21-41(29-10-8-7-9-28(27)29)20-25-13-11-24(19-39)12-14-25/h7-18,21,35H,5-6,20,22H2,1-4H3/b32-18+/t35-/m0/s1. The highest BCUT2D eigenvalue weighted by Crippen LogP contribution is 2.36. The molecule has 2 aromatic heterocycles. The number of benzene rings is 3. The molecule has 1 aliphatic rings. The largest absolute Gasteiger partial charge is 0.490 e. The van der Waals surface area contributed by atoms with E-state index < -0.39 is 18.0 Å². The van der Waals surface area contributed by atoms with E-state index in [0.717, 1.165) is 22.0 Å². The van der Waals surface area contributed by atoms with Crippen LogP contribution in [0, 0.1) is 11.3 Å². The van der Waals surface area contributed by atoms with Crippen molar-refractivity contribution in [1.82, 2.24) is 9.13 Å². The van der Waals surface area contributed by atoms with Crippen molar-refractivity contribution in [2.24, 2.45) is 4.99 Å². The van der Waals surface area contributed by atoms with E-state index in [2.05, 4.69) is 10.6 Å². The van der Waals surface area contributed by atoms with Crippen molar-refractivity contribution in [1.29, 1.82) is 5.26 Å². The van der Waals surface area contributed by atoms with Gasteiger partial charge in [-0.15, -0.1) is 0 Å². The molecule has 1 atom stereocenters. The Bertz CT molecular complexity index is 2360. The van der Waals surface area contributed by atoms with Gasteiger partial charge in [0.25, 0.3) is 5.56 Å². The Kier molecular flexibility index (Phi) is 9.97. The molecule has 50 heavy (non-hydrogen) atoms. The molecule has 0 unspecified atom stereocenters. The second-order valence-electron chi connectivity index (χ2n) is 11.3. The van der Waals surface area contributed by atoms with Crippen LogP contribution in [0.4, 0.5) is 0 Å². The van der Waals surface area contributed by atoms with Gasteiger partial charge in [-0.05, 0) is 68.3 Å². The molecular weight excluding hydrogens is 657 g/mol. The van der Waals surface area contributed by atoms with Gasteiger partial charge in [-0.2, -0.15) is 5.26 Å². The van der Waals surface area contributed by atoms with Crippen LogP contribution >= 0.6 is 11.3 Å². The molecule has 0 bridgehead atoms. The Balaban J connectivity index is 1.48. The minimum Gasteiger partial charge on any atom is -0.490 e. The number of carbonyl (C=O) groups is 2. The number of hydrogen-bond donors (Lipinski definition) is 0. The Labute approximate surface area is 291 Å². The molecule has 6 rings (SSSR count). The number of rotatable bonds is 11. The predicted octanol–water partition coefficient (Wildman–Crippen LogP) is 4.62. The molecule has 3 aromatic carbocycles. The van der Waals surface area contributed by atoms with E-state index in [-0.39, 0.29) is 24.3 Å². The monoisotopic (exact) mass is 690 g/mol. The maximum Gasteiger partial charge on any atom is 0.343 e. The summed E-state index contributed by atoms with van der Waals surface area (Å²) in [5.41, 5.74) is 4.39. The molecule has 12 heteroatoms. The fourth-order valence-corrected chi connectivity index (χ4v) is 6.97. The molecule has 3 heterocycles. The summed E-state index contributed by atoms with van der Waals surface area (Å²) >= 11 is 1.24. The maximum absolute atomic E-state index is 14.4. The second-order valence-corrected chi connectivity index (χ2v) is 12.4. The molecule has 0 amide bonds. The van der Waals surface area contributed by atoms with Crippen molar-refractivity contribution in [3.05, 3.63) is 126 Å². The van der Waals surface area contributed by atoms with E-state index >= 15 is 0 Å². The van der Waals surface area contributed by atoms with E-state index in [9.17, 15) is 19.6 Å². The van der Waals surface area contributed by atoms with Crippen LogP contribution in [0.15, 0.2) is 94.0 Å². The lowest BCUT2D eigenvalue weighted by molar-refractivity contribution is -0.143. The summed E-state index contributed by atoms with van der Waals surface area (Å²) in [6.07, 6.45) is 3.87. The Morgan fingerprint density at radius 3 is 2.52 bits per heavy atom. The number of methoxy groups -OCH3 is 1. The first-order valence-corrected chi connectivity index (χ1v) is 16.8. The quantitative estimate of drug-likeness (QED) is 0.183. The Hall–Kier alpha value is -5.93. The average molecular weight is 691 g/mol. The van der Waals surface area contributed by atoms with Crippen molar-refractivity contribution in [2.75, 3.05) is 26.9 Å². The van der Waals surface area contributed by atoms with Gasteiger partial charge in [0.1, 0.15) is 0 Å². The number of nitriles is 1. The summed E-state index contributed by atoms with van der Waals surface area (Å²) in [6.45, 7) is 5.96. The van der Waals surface area contributed by atoms with Gasteiger partial charge in [0.05, 0.1) is 53.8 Å². The number of thiazole rings is 1. The van der Waals surface area contributed by atoms with Crippen LogP contribution in [-0.2, 0) is 25.6 Å². The highest BCUT2D eigenvalue weighted by atomic mass is 32.1. The van der Waals surface area contributed by atoms with E-state index in [1.807, 2.05) is 55.6 Å². The molecule has 0 radical (unpaired) electrons. The molecule has 0 aliphatic carbocycles. The highest BCUT2D eigenvalue weighted by Gasteiger charge is 2.34. The van der Waals surface area contributed by atoms with Crippen LogP contribution in [0.3, 0.4) is 0 Å². The molecule has 0 spiro atoms. The number of aromatic nitrogens is 2. The fourth-order valence-electron chi connectivity index (χ4n) is 5.93. The van der Waals surface area contributed by atoms with Gasteiger partial charge in [-0.3, -0.25) is 9.36 Å². The van der Waals surface area contributed by atoms with Gasteiger partial charge >= 0.3 is 11.9 Å². The normalized spacial score (nSPS) is 14.1. The van der Waals surface area contributed by atoms with E-state index in [1.54, 1.807) is 44.2 Å². The summed E-state index contributed by atoms with van der Waals surface area (Å²) in [5, 5.41) is 10.2. The number of ether oxygens (including phenoxy) is 4. The average Bonchev–Trinajstić information content (AvgIpc) is 3.62. The fraction of sp³-hybridized carbons (Fsp3) is 0.237. The third-order valence-electron chi connectivity index (χ3n) is 8.22. The zero-order valence-electron chi connectivity index (χ0n) is 28.0. The molecule has 1 aliphatic heterocycles. The third kappa shape index (κ3) is 6.68. The summed E-state index contributed by atoms with van der Waals surface area (Å²) in [4.78, 5) is 44.7. The first-order valence-electron chi connectivity index (χ1n) is 16.0. The summed E-state index contributed by atoms with van der Waals surface area (Å²) in [6, 6.07) is 21.8. The molecule has 0 N–H and O–H groups in total. The van der Waals surface area contributed by atoms with Crippen LogP contribution in [0.25, 0.3) is 17.0 Å². The van der Waals surface area contributed by atoms with Gasteiger partial charge < -0.3 is 23.5 Å². The summed E-state index contributed by atoms with van der Waals surface area (Å²) < 4.78 is 25.7. The number of allylic oxidation sites excluding steroid dienone is 1. The number of para-hydroxylation sites is 1. The van der Waals surface area contributed by atoms with Crippen LogP contribution in [0.1, 0.15) is 49.1 Å². The highest BCUT2D eigenvalue weighted by molar-refractivity contribution is 7.07. The molecule has 0 saturated carbocycles. The lowest BCUT2D eigenvalue weighted by atomic mass is 9.95. The van der Waals surface area contributed by atoms with Crippen molar-refractivity contribution >= 4 is 40.3 Å². The van der Waals surface area contributed by atoms with Crippen molar-refractivity contribution in [3.63, 3.8) is 0 Å². The number of esters is 2. The van der Waals surface area contributed by atoms with Crippen molar-refractivity contribution in [2.45, 2.75) is 33.4 Å². The van der Waals surface area contributed by atoms with Crippen LogP contribution in [0.2, 0.25) is 0 Å². The van der Waals surface area contributed by atoms with E-state index in [1.165, 1.54) is 23.0 Å². The van der Waals surface area contributed by atoms with Gasteiger partial charge in [-0.1, -0.05) is 47.7 Å². The van der Waals surface area contributed by atoms with Crippen LogP contribution in [-0.4, -0.2) is 48.0 Å². The first-order chi connectivity index (χ1) is 24.3. The predicted molar refractivity (Wildman–Crippen MR) is 188 cm³/mol. The second kappa shape index (κ2) is 14.7. The molecular formula is C38H34N4O7S. The van der Waals surface area contributed by atoms with E-state index in [4.69, 9.17) is 23.9 Å². The van der Waals surface area contributed by atoms with Gasteiger partial charge in [0.15, 0.2) is 22.9 Å². The molecule has 254 valence electrons. The smallest absolute Gasteiger partial charge is 0.343 e. The number of fused-ring (bicyclic) bond motifs is 2. The van der Waals surface area contributed by atoms with Crippen molar-refractivity contribution < 1.29 is 28.5 Å². The number of hydrogen-bond acceptors (Lipinski definition) is 10. The minimum atomic E-state index is -0.876. The van der Waals surface area contributed by atoms with Gasteiger partial charge in [0.2, 0.25) is 0 Å². The number of carbonyl (C=O) groups excluding carboxylic acids is 2. The van der Waals surface area contributed by atoms with Crippen molar-refractivity contribution in [3.8, 4) is 17.6 Å². The number of nitrogens with zero attached hydrogens (tertiary/aromatic N) is 4. The lowest BCUT2D eigenvalue weighted by Crippen LogP contribution is -2.40. The van der Waals surface area contributed by atoms with Gasteiger partial charge in [-0.25, -0.2) is 14.6 Å². The Morgan fingerprint density at radius 2 is 1.80 bits per heavy atom. The molecule has 5 aromatic rings. The SMILES string of the molecule is CCOC(=O)C1=C(C)N=c2s/c(=C/c3cn(Cc4ccc(C#N)cc4)c4ccccc34)c(=O)n2[C@H]1c1ccc(OCC(=O)OC)c(OCC)c1. The zero-order valence-corrected chi connectivity index (χ0v) is 28.8. The summed E-state index contributed by atoms with van der Waals surface area (Å²) in [7, 11) is 1.27. The lowest BCUT2D eigenvalue weighted by Gasteiger charge is -2.25. The zero-order chi connectivity index (χ0) is 35.4.